The van der Waals surface area contributed by atoms with Gasteiger partial charge in [-0.1, -0.05) is 26.8 Å². The smallest absolute Gasteiger partial charge is 0.250 e. The number of methoxy groups -OCH3 is 1. The van der Waals surface area contributed by atoms with Crippen LogP contribution >= 0.6 is 0 Å². The molecule has 0 amide bonds. The van der Waals surface area contributed by atoms with Crippen molar-refractivity contribution in [3.63, 3.8) is 0 Å². The van der Waals surface area contributed by atoms with Crippen molar-refractivity contribution < 1.29 is 18.7 Å². The largest absolute Gasteiger partial charge is 0.541 e. The van der Waals surface area contributed by atoms with Crippen molar-refractivity contribution in [3.8, 4) is 11.5 Å². The molecule has 25 heavy (non-hydrogen) atoms. The first-order valence-electron chi connectivity index (χ1n) is 8.21. The first-order valence-corrected chi connectivity index (χ1v) is 11.1. The van der Waals surface area contributed by atoms with Gasteiger partial charge in [0.15, 0.2) is 5.75 Å². The summed E-state index contributed by atoms with van der Waals surface area (Å²) in [5, 5.41) is 10.5. The first-order chi connectivity index (χ1) is 11.6. The van der Waals surface area contributed by atoms with Gasteiger partial charge in [0.1, 0.15) is 17.7 Å². The van der Waals surface area contributed by atoms with Crippen molar-refractivity contribution in [1.82, 2.24) is 4.98 Å². The van der Waals surface area contributed by atoms with Crippen LogP contribution in [0, 0.1) is 5.82 Å². The normalized spacial score (nSPS) is 13.4. The molecule has 0 saturated carbocycles. The van der Waals surface area contributed by atoms with Crippen molar-refractivity contribution in [2.45, 2.75) is 45.0 Å². The van der Waals surface area contributed by atoms with Crippen molar-refractivity contribution in [2.75, 3.05) is 7.11 Å². The van der Waals surface area contributed by atoms with E-state index in [4.69, 9.17) is 9.16 Å². The van der Waals surface area contributed by atoms with Gasteiger partial charge in [-0.15, -0.1) is 0 Å². The molecule has 0 aliphatic heterocycles. The molecule has 1 aromatic carbocycles. The lowest BCUT2D eigenvalue weighted by Gasteiger charge is -2.36. The number of aliphatic hydroxyl groups is 1. The van der Waals surface area contributed by atoms with Crippen LogP contribution in [0.1, 0.15) is 38.0 Å². The second-order valence-electron chi connectivity index (χ2n) is 7.57. The highest BCUT2D eigenvalue weighted by Crippen LogP contribution is 2.41. The zero-order valence-corrected chi connectivity index (χ0v) is 16.6. The SMILES string of the molecule is COc1cc(C(O)c2ccncc2F)ccc1O[Si](C)(C)C(C)(C)C. The number of nitrogens with zero attached hydrogens (tertiary/aromatic N) is 1. The van der Waals surface area contributed by atoms with E-state index in [1.807, 2.05) is 0 Å². The van der Waals surface area contributed by atoms with Crippen LogP contribution < -0.4 is 9.16 Å². The van der Waals surface area contributed by atoms with Crippen LogP contribution in [0.4, 0.5) is 4.39 Å². The second kappa shape index (κ2) is 7.13. The van der Waals surface area contributed by atoms with Gasteiger partial charge in [0.25, 0.3) is 8.32 Å². The number of hydrogen-bond donors (Lipinski definition) is 1. The van der Waals surface area contributed by atoms with E-state index >= 15 is 0 Å². The van der Waals surface area contributed by atoms with Crippen LogP contribution in [0.2, 0.25) is 18.1 Å². The van der Waals surface area contributed by atoms with Gasteiger partial charge in [0, 0.05) is 11.8 Å². The zero-order chi connectivity index (χ0) is 18.8. The standard InChI is InChI=1S/C19H26FNO3Si/c1-19(2,3)25(5,6)24-16-8-7-13(11-17(16)23-4)18(22)14-9-10-21-12-15(14)20/h7-12,18,22H,1-6H3. The molecule has 6 heteroatoms. The molecule has 4 nitrogen and oxygen atoms in total. The van der Waals surface area contributed by atoms with E-state index in [-0.39, 0.29) is 10.6 Å². The number of ether oxygens (including phenoxy) is 1. The summed E-state index contributed by atoms with van der Waals surface area (Å²) in [5.74, 6) is 0.617. The molecule has 1 N–H and O–H groups in total. The molecule has 0 aliphatic rings. The molecular formula is C19H26FNO3Si. The van der Waals surface area contributed by atoms with Crippen LogP contribution in [-0.4, -0.2) is 25.5 Å². The van der Waals surface area contributed by atoms with E-state index in [0.717, 1.165) is 6.20 Å². The van der Waals surface area contributed by atoms with Gasteiger partial charge in [0.05, 0.1) is 13.3 Å². The fourth-order valence-corrected chi connectivity index (χ4v) is 3.18. The molecule has 1 unspecified atom stereocenters. The summed E-state index contributed by atoms with van der Waals surface area (Å²) in [5.41, 5.74) is 0.708. The molecule has 0 saturated heterocycles. The molecule has 0 radical (unpaired) electrons. The molecule has 1 atom stereocenters. The summed E-state index contributed by atoms with van der Waals surface area (Å²) >= 11 is 0. The fourth-order valence-electron chi connectivity index (χ4n) is 2.15. The first kappa shape index (κ1) is 19.4. The Labute approximate surface area is 149 Å². The number of aromatic nitrogens is 1. The van der Waals surface area contributed by atoms with Gasteiger partial charge in [-0.05, 0) is 41.9 Å². The van der Waals surface area contributed by atoms with Crippen molar-refractivity contribution in [2.24, 2.45) is 0 Å². The van der Waals surface area contributed by atoms with Crippen molar-refractivity contribution >= 4 is 8.32 Å². The lowest BCUT2D eigenvalue weighted by atomic mass is 10.0. The molecule has 0 spiro atoms. The number of aliphatic hydroxyl groups excluding tert-OH is 1. The Bertz CT molecular complexity index is 744. The third-order valence-electron chi connectivity index (χ3n) is 4.77. The van der Waals surface area contributed by atoms with Crippen LogP contribution in [0.25, 0.3) is 0 Å². The van der Waals surface area contributed by atoms with Gasteiger partial charge < -0.3 is 14.3 Å². The Morgan fingerprint density at radius 3 is 2.40 bits per heavy atom. The highest BCUT2D eigenvalue weighted by molar-refractivity contribution is 6.74. The number of benzene rings is 1. The maximum atomic E-state index is 13.9. The van der Waals surface area contributed by atoms with Crippen LogP contribution in [0.5, 0.6) is 11.5 Å². The minimum atomic E-state index is -2.02. The van der Waals surface area contributed by atoms with Crippen molar-refractivity contribution in [1.29, 1.82) is 0 Å². The maximum Gasteiger partial charge on any atom is 0.250 e. The minimum Gasteiger partial charge on any atom is -0.541 e. The predicted molar refractivity (Wildman–Crippen MR) is 99.1 cm³/mol. The molecule has 0 aliphatic carbocycles. The summed E-state index contributed by atoms with van der Waals surface area (Å²) < 4.78 is 25.6. The molecule has 1 heterocycles. The molecular weight excluding hydrogens is 337 g/mol. The van der Waals surface area contributed by atoms with Crippen LogP contribution in [0.3, 0.4) is 0 Å². The summed E-state index contributed by atoms with van der Waals surface area (Å²) in [6, 6.07) is 6.66. The summed E-state index contributed by atoms with van der Waals surface area (Å²) in [6.07, 6.45) is 1.44. The Hall–Kier alpha value is -1.92. The van der Waals surface area contributed by atoms with Gasteiger partial charge in [-0.25, -0.2) is 4.39 Å². The Morgan fingerprint density at radius 1 is 1.16 bits per heavy atom. The van der Waals surface area contributed by atoms with Crippen LogP contribution in [0.15, 0.2) is 36.7 Å². The summed E-state index contributed by atoms with van der Waals surface area (Å²) in [7, 11) is -0.469. The summed E-state index contributed by atoms with van der Waals surface area (Å²) in [6.45, 7) is 10.8. The van der Waals surface area contributed by atoms with E-state index in [1.54, 1.807) is 25.3 Å². The maximum absolute atomic E-state index is 13.9. The second-order valence-corrected chi connectivity index (χ2v) is 12.3. The summed E-state index contributed by atoms with van der Waals surface area (Å²) in [4.78, 5) is 3.71. The molecule has 2 rings (SSSR count). The number of pyridine rings is 1. The Kier molecular flexibility index (Phi) is 5.54. The zero-order valence-electron chi connectivity index (χ0n) is 15.6. The lowest BCUT2D eigenvalue weighted by Crippen LogP contribution is -2.43. The Morgan fingerprint density at radius 2 is 1.84 bits per heavy atom. The van der Waals surface area contributed by atoms with Gasteiger partial charge in [0.2, 0.25) is 0 Å². The number of hydrogen-bond acceptors (Lipinski definition) is 4. The van der Waals surface area contributed by atoms with E-state index in [1.165, 1.54) is 12.3 Å². The average molecular weight is 364 g/mol. The average Bonchev–Trinajstić information content (AvgIpc) is 2.53. The lowest BCUT2D eigenvalue weighted by molar-refractivity contribution is 0.214. The van der Waals surface area contributed by atoms with Gasteiger partial charge >= 0.3 is 0 Å². The predicted octanol–water partition coefficient (Wildman–Crippen LogP) is 4.70. The third-order valence-corrected chi connectivity index (χ3v) is 9.12. The highest BCUT2D eigenvalue weighted by Gasteiger charge is 2.39. The van der Waals surface area contributed by atoms with Gasteiger partial charge in [-0.2, -0.15) is 0 Å². The molecule has 136 valence electrons. The Balaban J connectivity index is 2.35. The van der Waals surface area contributed by atoms with Crippen LogP contribution in [-0.2, 0) is 0 Å². The minimum absolute atomic E-state index is 0.0519. The fraction of sp³-hybridized carbons (Fsp3) is 0.421. The van der Waals surface area contributed by atoms with Gasteiger partial charge in [-0.3, -0.25) is 4.98 Å². The third kappa shape index (κ3) is 4.19. The van der Waals surface area contributed by atoms with Crippen molar-refractivity contribution in [3.05, 3.63) is 53.6 Å². The monoisotopic (exact) mass is 363 g/mol. The molecule has 1 aromatic heterocycles. The van der Waals surface area contributed by atoms with E-state index in [2.05, 4.69) is 38.8 Å². The van der Waals surface area contributed by atoms with E-state index in [9.17, 15) is 9.50 Å². The number of halogens is 1. The molecule has 2 aromatic rings. The molecule has 0 fully saturated rings. The molecule has 0 bridgehead atoms. The topological polar surface area (TPSA) is 51.6 Å². The number of rotatable bonds is 5. The quantitative estimate of drug-likeness (QED) is 0.783. The highest BCUT2D eigenvalue weighted by atomic mass is 28.4. The van der Waals surface area contributed by atoms with E-state index in [0.29, 0.717) is 17.1 Å². The van der Waals surface area contributed by atoms with E-state index < -0.39 is 20.2 Å².